The lowest BCUT2D eigenvalue weighted by Crippen LogP contribution is -2.47. The normalized spacial score (nSPS) is 14.5. The molecule has 0 unspecified atom stereocenters. The third-order valence-corrected chi connectivity index (χ3v) is 7.28. The van der Waals surface area contributed by atoms with Gasteiger partial charge in [0.2, 0.25) is 0 Å². The monoisotopic (exact) mass is 495 g/mol. The predicted octanol–water partition coefficient (Wildman–Crippen LogP) is 3.74. The fourth-order valence-corrected chi connectivity index (χ4v) is 5.47. The Kier molecular flexibility index (Phi) is 5.78. The van der Waals surface area contributed by atoms with Crippen LogP contribution in [0.3, 0.4) is 0 Å². The van der Waals surface area contributed by atoms with Gasteiger partial charge in [-0.1, -0.05) is 30.3 Å². The van der Waals surface area contributed by atoms with Gasteiger partial charge in [0.1, 0.15) is 11.8 Å². The van der Waals surface area contributed by atoms with Crippen LogP contribution >= 0.6 is 0 Å². The first-order valence-corrected chi connectivity index (χ1v) is 12.6. The first-order chi connectivity index (χ1) is 18.0. The zero-order valence-corrected chi connectivity index (χ0v) is 21.2. The Balaban J connectivity index is 1.30. The summed E-state index contributed by atoms with van der Waals surface area (Å²) >= 11 is 0. The van der Waals surface area contributed by atoms with Crippen LogP contribution < -0.4 is 4.90 Å². The SMILES string of the molecule is CCN(C(=O)c1cc(-c2ccccc2)nc2c1c(C)nn2C)C1CCN(c2ncnc3nc[nH]c23)CC1. The van der Waals surface area contributed by atoms with Crippen molar-refractivity contribution in [3.8, 4) is 11.3 Å². The molecule has 0 spiro atoms. The number of hydrogen-bond acceptors (Lipinski definition) is 7. The van der Waals surface area contributed by atoms with Gasteiger partial charge in [-0.15, -0.1) is 0 Å². The van der Waals surface area contributed by atoms with Crippen LogP contribution in [-0.2, 0) is 7.05 Å². The number of aromatic nitrogens is 7. The summed E-state index contributed by atoms with van der Waals surface area (Å²) in [6, 6.07) is 12.0. The lowest BCUT2D eigenvalue weighted by Gasteiger charge is -2.38. The van der Waals surface area contributed by atoms with Crippen molar-refractivity contribution in [2.24, 2.45) is 7.05 Å². The van der Waals surface area contributed by atoms with Crippen molar-refractivity contribution in [1.82, 2.24) is 39.6 Å². The van der Waals surface area contributed by atoms with E-state index in [1.165, 1.54) is 0 Å². The second-order valence-corrected chi connectivity index (χ2v) is 9.44. The van der Waals surface area contributed by atoms with Crippen molar-refractivity contribution in [2.75, 3.05) is 24.5 Å². The number of nitrogens with one attached hydrogen (secondary N) is 1. The van der Waals surface area contributed by atoms with Crippen LogP contribution in [0.4, 0.5) is 5.82 Å². The number of amides is 1. The zero-order valence-electron chi connectivity index (χ0n) is 21.2. The highest BCUT2D eigenvalue weighted by molar-refractivity contribution is 6.07. The van der Waals surface area contributed by atoms with Crippen LogP contribution in [0.2, 0.25) is 0 Å². The first kappa shape index (κ1) is 23.1. The van der Waals surface area contributed by atoms with Gasteiger partial charge in [-0.2, -0.15) is 5.10 Å². The molecule has 0 aliphatic carbocycles. The molecule has 6 rings (SSSR count). The first-order valence-electron chi connectivity index (χ1n) is 12.6. The summed E-state index contributed by atoms with van der Waals surface area (Å²) in [4.78, 5) is 39.4. The number of carbonyl (C=O) groups excluding carboxylic acids is 1. The average Bonchev–Trinajstić information content (AvgIpc) is 3.53. The molecule has 1 amide bonds. The maximum absolute atomic E-state index is 14.1. The number of aromatic amines is 1. The summed E-state index contributed by atoms with van der Waals surface area (Å²) in [6.07, 6.45) is 4.91. The summed E-state index contributed by atoms with van der Waals surface area (Å²) in [5.41, 5.74) is 5.46. The molecule has 0 atom stereocenters. The molecule has 4 aromatic heterocycles. The van der Waals surface area contributed by atoms with Crippen LogP contribution in [-0.4, -0.2) is 71.2 Å². The van der Waals surface area contributed by atoms with Gasteiger partial charge < -0.3 is 14.8 Å². The molecule has 0 saturated carbocycles. The van der Waals surface area contributed by atoms with Crippen molar-refractivity contribution in [1.29, 1.82) is 0 Å². The summed E-state index contributed by atoms with van der Waals surface area (Å²) in [7, 11) is 1.88. The van der Waals surface area contributed by atoms with E-state index < -0.39 is 0 Å². The smallest absolute Gasteiger partial charge is 0.254 e. The molecule has 1 aromatic carbocycles. The fraction of sp³-hybridized carbons (Fsp3) is 0.333. The molecular formula is C27H29N9O. The van der Waals surface area contributed by atoms with E-state index in [0.29, 0.717) is 17.8 Å². The number of fused-ring (bicyclic) bond motifs is 2. The lowest BCUT2D eigenvalue weighted by molar-refractivity contribution is 0.0665. The number of H-pyrrole nitrogens is 1. The number of imidazole rings is 1. The van der Waals surface area contributed by atoms with Crippen LogP contribution in [0.25, 0.3) is 33.5 Å². The molecule has 1 aliphatic heterocycles. The number of pyridine rings is 1. The molecule has 0 bridgehead atoms. The average molecular weight is 496 g/mol. The van der Waals surface area contributed by atoms with Crippen LogP contribution in [0.1, 0.15) is 35.8 Å². The summed E-state index contributed by atoms with van der Waals surface area (Å²) in [6.45, 7) is 6.22. The summed E-state index contributed by atoms with van der Waals surface area (Å²) < 4.78 is 1.76. The van der Waals surface area contributed by atoms with E-state index >= 15 is 0 Å². The Labute approximate surface area is 214 Å². The molecule has 1 saturated heterocycles. The Morgan fingerprint density at radius 3 is 2.68 bits per heavy atom. The maximum Gasteiger partial charge on any atom is 0.254 e. The lowest BCUT2D eigenvalue weighted by atomic mass is 10.00. The van der Waals surface area contributed by atoms with Crippen LogP contribution in [0.15, 0.2) is 49.1 Å². The Hall–Kier alpha value is -4.34. The van der Waals surface area contributed by atoms with Gasteiger partial charge in [0.25, 0.3) is 5.91 Å². The summed E-state index contributed by atoms with van der Waals surface area (Å²) in [5.74, 6) is 0.893. The molecular weight excluding hydrogens is 466 g/mol. The van der Waals surface area contributed by atoms with Crippen molar-refractivity contribution in [3.05, 3.63) is 60.3 Å². The van der Waals surface area contributed by atoms with Crippen LogP contribution in [0, 0.1) is 6.92 Å². The molecule has 1 aliphatic rings. The largest absolute Gasteiger partial charge is 0.355 e. The molecule has 10 heteroatoms. The number of nitrogens with zero attached hydrogens (tertiary/aromatic N) is 8. The minimum Gasteiger partial charge on any atom is -0.355 e. The van der Waals surface area contributed by atoms with Crippen molar-refractivity contribution < 1.29 is 4.79 Å². The minimum atomic E-state index is 0.0274. The van der Waals surface area contributed by atoms with E-state index in [1.54, 1.807) is 17.3 Å². The molecule has 10 nitrogen and oxygen atoms in total. The topological polar surface area (TPSA) is 109 Å². The number of anilines is 1. The molecule has 0 radical (unpaired) electrons. The molecule has 5 heterocycles. The Bertz CT molecular complexity index is 1580. The van der Waals surface area contributed by atoms with Crippen molar-refractivity contribution >= 4 is 33.9 Å². The molecule has 1 fully saturated rings. The number of carbonyl (C=O) groups is 1. The van der Waals surface area contributed by atoms with Gasteiger partial charge in [-0.05, 0) is 32.8 Å². The van der Waals surface area contributed by atoms with Gasteiger partial charge >= 0.3 is 0 Å². The van der Waals surface area contributed by atoms with Gasteiger partial charge in [0.05, 0.1) is 28.7 Å². The van der Waals surface area contributed by atoms with E-state index in [-0.39, 0.29) is 11.9 Å². The van der Waals surface area contributed by atoms with Crippen LogP contribution in [0.5, 0.6) is 0 Å². The van der Waals surface area contributed by atoms with Gasteiger partial charge in [-0.25, -0.2) is 19.9 Å². The number of aryl methyl sites for hydroxylation is 2. The fourth-order valence-electron chi connectivity index (χ4n) is 5.47. The zero-order chi connectivity index (χ0) is 25.5. The van der Waals surface area contributed by atoms with E-state index in [2.05, 4.69) is 36.9 Å². The van der Waals surface area contributed by atoms with E-state index in [4.69, 9.17) is 4.98 Å². The number of benzene rings is 1. The predicted molar refractivity (Wildman–Crippen MR) is 142 cm³/mol. The molecule has 188 valence electrons. The van der Waals surface area contributed by atoms with Gasteiger partial charge in [0, 0.05) is 38.3 Å². The highest BCUT2D eigenvalue weighted by atomic mass is 16.2. The quantitative estimate of drug-likeness (QED) is 0.396. The number of rotatable bonds is 5. The second kappa shape index (κ2) is 9.27. The third kappa shape index (κ3) is 3.98. The number of hydrogen-bond donors (Lipinski definition) is 1. The third-order valence-electron chi connectivity index (χ3n) is 7.28. The molecule has 5 aromatic rings. The minimum absolute atomic E-state index is 0.0274. The molecule has 37 heavy (non-hydrogen) atoms. The Morgan fingerprint density at radius 2 is 1.92 bits per heavy atom. The van der Waals surface area contributed by atoms with E-state index in [0.717, 1.165) is 65.3 Å². The maximum atomic E-state index is 14.1. The summed E-state index contributed by atoms with van der Waals surface area (Å²) in [5, 5.41) is 5.41. The highest BCUT2D eigenvalue weighted by Crippen LogP contribution is 2.30. The van der Waals surface area contributed by atoms with Crippen molar-refractivity contribution in [3.63, 3.8) is 0 Å². The second-order valence-electron chi connectivity index (χ2n) is 9.44. The number of piperidine rings is 1. The standard InChI is InChI=1S/C27H29N9O/c1-4-36(19-10-12-35(13-11-19)26-23-24(29-15-28-23)30-16-31-26)27(37)20-14-21(18-8-6-5-7-9-18)32-25-22(20)17(2)33-34(25)3/h5-9,14-16,19H,4,10-13H2,1-3H3,(H,28,29,30,31). The van der Waals surface area contributed by atoms with E-state index in [1.807, 2.05) is 55.3 Å². The van der Waals surface area contributed by atoms with Gasteiger partial charge in [0.15, 0.2) is 17.1 Å². The van der Waals surface area contributed by atoms with E-state index in [9.17, 15) is 4.79 Å². The van der Waals surface area contributed by atoms with Crippen molar-refractivity contribution in [2.45, 2.75) is 32.7 Å². The van der Waals surface area contributed by atoms with Gasteiger partial charge in [-0.3, -0.25) is 9.48 Å². The molecule has 1 N–H and O–H groups in total. The Morgan fingerprint density at radius 1 is 1.14 bits per heavy atom. The highest BCUT2D eigenvalue weighted by Gasteiger charge is 2.31.